The van der Waals surface area contributed by atoms with Crippen LogP contribution in [0.4, 0.5) is 16.4 Å². The van der Waals surface area contributed by atoms with E-state index in [9.17, 15) is 9.00 Å². The summed E-state index contributed by atoms with van der Waals surface area (Å²) in [6.07, 6.45) is 3.02. The van der Waals surface area contributed by atoms with Crippen LogP contribution in [0, 0.1) is 0 Å². The topological polar surface area (TPSA) is 112 Å². The van der Waals surface area contributed by atoms with Crippen molar-refractivity contribution >= 4 is 44.6 Å². The molecule has 1 saturated heterocycles. The van der Waals surface area contributed by atoms with E-state index in [4.69, 9.17) is 14.2 Å². The molecule has 1 fully saturated rings. The zero-order valence-corrected chi connectivity index (χ0v) is 20.3. The van der Waals surface area contributed by atoms with Gasteiger partial charge in [0.1, 0.15) is 6.61 Å². The molecule has 2 N–H and O–H groups in total. The van der Waals surface area contributed by atoms with E-state index in [1.165, 1.54) is 0 Å². The number of amides is 1. The summed E-state index contributed by atoms with van der Waals surface area (Å²) in [4.78, 5) is 22.0. The molecule has 9 nitrogen and oxygen atoms in total. The summed E-state index contributed by atoms with van der Waals surface area (Å²) in [5.74, 6) is 4.45. The van der Waals surface area contributed by atoms with Gasteiger partial charge in [-0.2, -0.15) is 4.98 Å². The second-order valence-electron chi connectivity index (χ2n) is 7.48. The number of nitrogens with one attached hydrogen (secondary N) is 2. The Morgan fingerprint density at radius 1 is 1.32 bits per heavy atom. The molecular formula is C23H26N4O5S2. The lowest BCUT2D eigenvalue weighted by Gasteiger charge is -2.15. The first-order valence-corrected chi connectivity index (χ1v) is 13.4. The number of carbonyl (C=O) groups is 1. The van der Waals surface area contributed by atoms with E-state index in [-0.39, 0.29) is 12.7 Å². The molecule has 1 aliphatic rings. The first-order chi connectivity index (χ1) is 16.4. The summed E-state index contributed by atoms with van der Waals surface area (Å²) in [5.41, 5.74) is 1.49. The summed E-state index contributed by atoms with van der Waals surface area (Å²) in [7, 11) is -3.04. The van der Waals surface area contributed by atoms with Gasteiger partial charge in [0, 0.05) is 28.3 Å². The van der Waals surface area contributed by atoms with Gasteiger partial charge in [0.2, 0.25) is 11.8 Å². The summed E-state index contributed by atoms with van der Waals surface area (Å²) in [6.45, 7) is 3.02. The number of ether oxygens (including phenoxy) is 3. The number of benzene rings is 1. The van der Waals surface area contributed by atoms with Crippen molar-refractivity contribution in [3.63, 3.8) is 0 Å². The van der Waals surface area contributed by atoms with Gasteiger partial charge in [0.25, 0.3) is 0 Å². The van der Waals surface area contributed by atoms with Crippen molar-refractivity contribution in [1.29, 1.82) is 0 Å². The van der Waals surface area contributed by atoms with E-state index in [0.29, 0.717) is 29.0 Å². The van der Waals surface area contributed by atoms with E-state index >= 15 is 0 Å². The zero-order valence-electron chi connectivity index (χ0n) is 18.7. The molecule has 2 unspecified atom stereocenters. The van der Waals surface area contributed by atoms with Crippen LogP contribution < -0.4 is 14.8 Å². The van der Waals surface area contributed by atoms with Gasteiger partial charge >= 0.3 is 6.09 Å². The van der Waals surface area contributed by atoms with Gasteiger partial charge in [-0.25, -0.2) is 18.7 Å². The monoisotopic (exact) mass is 502 g/mol. The second-order valence-corrected chi connectivity index (χ2v) is 10.5. The number of thiophene rings is 1. The van der Waals surface area contributed by atoms with Crippen molar-refractivity contribution in [1.82, 2.24) is 14.7 Å². The highest BCUT2D eigenvalue weighted by Gasteiger charge is 2.19. The van der Waals surface area contributed by atoms with Crippen LogP contribution in [0.15, 0.2) is 52.9 Å². The molecule has 34 heavy (non-hydrogen) atoms. The summed E-state index contributed by atoms with van der Waals surface area (Å²) < 4.78 is 31.5. The molecule has 180 valence electrons. The van der Waals surface area contributed by atoms with Crippen molar-refractivity contribution in [2.24, 2.45) is 0 Å². The largest absolute Gasteiger partial charge is 0.474 e. The fraction of sp³-hybridized carbons (Fsp3) is 0.304. The minimum absolute atomic E-state index is 0.0656. The van der Waals surface area contributed by atoms with Crippen LogP contribution in [0.5, 0.6) is 5.88 Å². The standard InChI is InChI=1S/C23H26N4O5S2/c1-3-30-23(28)27-34(2,29)18-10-8-16(9-11-18)25-22-24-14-19(20-7-5-13-33-20)21(26-22)32-15-17-6-4-12-31-17/h5,7-11,13-14,17H,2-4,6,12,15H2,1H3,(H,24,25,26)(H,27,28,29). The summed E-state index contributed by atoms with van der Waals surface area (Å²) >= 11 is 1.59. The fourth-order valence-corrected chi connectivity index (χ4v) is 5.08. The van der Waals surface area contributed by atoms with E-state index in [0.717, 1.165) is 29.9 Å². The molecule has 1 aromatic carbocycles. The zero-order chi connectivity index (χ0) is 24.0. The SMILES string of the molecule is C=S(=O)(NC(=O)OCC)c1ccc(Nc2ncc(-c3cccs3)c(OCC3CCCO3)n2)cc1. The van der Waals surface area contributed by atoms with Crippen LogP contribution in [0.2, 0.25) is 0 Å². The van der Waals surface area contributed by atoms with Crippen molar-refractivity contribution in [2.75, 3.05) is 25.1 Å². The molecular weight excluding hydrogens is 476 g/mol. The third-order valence-corrected chi connectivity index (χ3v) is 7.42. The number of nitrogens with zero attached hydrogens (tertiary/aromatic N) is 2. The second kappa shape index (κ2) is 10.9. The normalized spacial score (nSPS) is 17.0. The smallest absolute Gasteiger partial charge is 0.418 e. The molecule has 0 saturated carbocycles. The molecule has 1 amide bonds. The Kier molecular flexibility index (Phi) is 7.66. The Hall–Kier alpha value is -3.15. The predicted octanol–water partition coefficient (Wildman–Crippen LogP) is 4.24. The first-order valence-electron chi connectivity index (χ1n) is 10.8. The number of carbonyl (C=O) groups excluding carboxylic acids is 1. The van der Waals surface area contributed by atoms with Crippen molar-refractivity contribution < 1.29 is 23.2 Å². The lowest BCUT2D eigenvalue weighted by Crippen LogP contribution is -2.30. The molecule has 1 aliphatic heterocycles. The van der Waals surface area contributed by atoms with Gasteiger partial charge < -0.3 is 19.5 Å². The Morgan fingerprint density at radius 3 is 2.82 bits per heavy atom. The highest BCUT2D eigenvalue weighted by atomic mass is 32.2. The molecule has 2 aromatic heterocycles. The van der Waals surface area contributed by atoms with Crippen LogP contribution in [-0.4, -0.2) is 52.1 Å². The van der Waals surface area contributed by atoms with Gasteiger partial charge in [0.05, 0.1) is 28.0 Å². The highest BCUT2D eigenvalue weighted by Crippen LogP contribution is 2.33. The van der Waals surface area contributed by atoms with E-state index in [2.05, 4.69) is 25.9 Å². The van der Waals surface area contributed by atoms with E-state index in [1.807, 2.05) is 17.5 Å². The molecule has 0 aliphatic carbocycles. The molecule has 11 heteroatoms. The molecule has 2 atom stereocenters. The Morgan fingerprint density at radius 2 is 2.15 bits per heavy atom. The number of hydrogen-bond donors (Lipinski definition) is 2. The molecule has 3 heterocycles. The number of rotatable bonds is 9. The lowest BCUT2D eigenvalue weighted by atomic mass is 10.2. The quantitative estimate of drug-likeness (QED) is 0.418. The van der Waals surface area contributed by atoms with Crippen LogP contribution >= 0.6 is 11.3 Å². The minimum Gasteiger partial charge on any atom is -0.474 e. The Labute approximate surface area is 202 Å². The van der Waals surface area contributed by atoms with E-state index < -0.39 is 15.8 Å². The average Bonchev–Trinajstić information content (AvgIpc) is 3.53. The number of aromatic nitrogens is 2. The van der Waals surface area contributed by atoms with Gasteiger partial charge in [-0.05, 0) is 61.3 Å². The van der Waals surface area contributed by atoms with Crippen LogP contribution in [0.3, 0.4) is 0 Å². The number of hydrogen-bond acceptors (Lipinski definition) is 9. The van der Waals surface area contributed by atoms with E-state index in [1.54, 1.807) is 48.7 Å². The molecule has 0 spiro atoms. The molecule has 0 radical (unpaired) electrons. The molecule has 4 rings (SSSR count). The van der Waals surface area contributed by atoms with Crippen molar-refractivity contribution in [3.8, 4) is 16.3 Å². The Balaban J connectivity index is 1.49. The van der Waals surface area contributed by atoms with Gasteiger partial charge in [0.15, 0.2) is 0 Å². The van der Waals surface area contributed by atoms with Gasteiger partial charge in [-0.1, -0.05) is 6.07 Å². The van der Waals surface area contributed by atoms with Crippen LogP contribution in [0.25, 0.3) is 10.4 Å². The first kappa shape index (κ1) is 24.0. The maximum atomic E-state index is 12.7. The third kappa shape index (κ3) is 6.04. The lowest BCUT2D eigenvalue weighted by molar-refractivity contribution is 0.0666. The molecule has 0 bridgehead atoms. The molecule has 3 aromatic rings. The van der Waals surface area contributed by atoms with Gasteiger partial charge in [-0.3, -0.25) is 0 Å². The third-order valence-electron chi connectivity index (χ3n) is 4.99. The predicted molar refractivity (Wildman–Crippen MR) is 133 cm³/mol. The van der Waals surface area contributed by atoms with Crippen LogP contribution in [-0.2, 0) is 19.2 Å². The van der Waals surface area contributed by atoms with Crippen LogP contribution in [0.1, 0.15) is 19.8 Å². The Bertz CT molecular complexity index is 1210. The fourth-order valence-electron chi connectivity index (χ4n) is 3.33. The summed E-state index contributed by atoms with van der Waals surface area (Å²) in [6, 6.07) is 10.6. The number of anilines is 2. The van der Waals surface area contributed by atoms with Gasteiger partial charge in [-0.15, -0.1) is 11.3 Å². The highest BCUT2D eigenvalue weighted by molar-refractivity contribution is 7.99. The van der Waals surface area contributed by atoms with Crippen molar-refractivity contribution in [3.05, 3.63) is 48.0 Å². The maximum absolute atomic E-state index is 12.7. The maximum Gasteiger partial charge on any atom is 0.418 e. The summed E-state index contributed by atoms with van der Waals surface area (Å²) in [5, 5.41) is 5.12. The van der Waals surface area contributed by atoms with Crippen molar-refractivity contribution in [2.45, 2.75) is 30.8 Å². The minimum atomic E-state index is -3.04. The average molecular weight is 503 g/mol.